The Hall–Kier alpha value is -4.63. The van der Waals surface area contributed by atoms with E-state index in [0.717, 1.165) is 16.5 Å². The summed E-state index contributed by atoms with van der Waals surface area (Å²) in [5.74, 6) is 1.97. The van der Waals surface area contributed by atoms with Crippen molar-refractivity contribution in [3.05, 3.63) is 83.0 Å². The van der Waals surface area contributed by atoms with Crippen LogP contribution in [0.2, 0.25) is 0 Å². The SMILES string of the molecule is CCOC(=O)c1sc(N=c2cc(-c3ccc(OC)c(OC)c3)oc3ccc(OC)cc23)nc1-c1ccccc1. The first kappa shape index (κ1) is 26.0. The van der Waals surface area contributed by atoms with Crippen LogP contribution in [0.15, 0.2) is 82.2 Å². The summed E-state index contributed by atoms with van der Waals surface area (Å²) < 4.78 is 27.9. The zero-order valence-corrected chi connectivity index (χ0v) is 22.7. The number of fused-ring (bicyclic) bond motifs is 1. The molecular weight excluding hydrogens is 516 g/mol. The molecule has 0 saturated carbocycles. The van der Waals surface area contributed by atoms with Gasteiger partial charge in [-0.05, 0) is 43.3 Å². The minimum atomic E-state index is -0.434. The van der Waals surface area contributed by atoms with E-state index < -0.39 is 5.97 Å². The molecule has 0 amide bonds. The van der Waals surface area contributed by atoms with Crippen LogP contribution in [0.5, 0.6) is 17.2 Å². The number of benzene rings is 3. The number of hydrogen-bond acceptors (Lipinski definition) is 9. The summed E-state index contributed by atoms with van der Waals surface area (Å²) in [5, 5.41) is 1.74. The van der Waals surface area contributed by atoms with E-state index in [1.807, 2.05) is 72.8 Å². The minimum Gasteiger partial charge on any atom is -0.497 e. The zero-order chi connectivity index (χ0) is 27.4. The maximum atomic E-state index is 12.8. The molecule has 39 heavy (non-hydrogen) atoms. The Morgan fingerprint density at radius 3 is 2.41 bits per heavy atom. The van der Waals surface area contributed by atoms with Crippen molar-refractivity contribution in [2.24, 2.45) is 4.99 Å². The lowest BCUT2D eigenvalue weighted by molar-refractivity contribution is 0.0532. The maximum Gasteiger partial charge on any atom is 0.350 e. The average Bonchev–Trinajstić information content (AvgIpc) is 3.41. The molecule has 0 saturated heterocycles. The number of ether oxygens (including phenoxy) is 4. The van der Waals surface area contributed by atoms with Crippen molar-refractivity contribution in [1.29, 1.82) is 0 Å². The lowest BCUT2D eigenvalue weighted by Gasteiger charge is -2.10. The van der Waals surface area contributed by atoms with Crippen LogP contribution in [0, 0.1) is 0 Å². The molecule has 0 aliphatic rings. The second kappa shape index (κ2) is 11.4. The average molecular weight is 543 g/mol. The number of esters is 1. The summed E-state index contributed by atoms with van der Waals surface area (Å²) in [6.45, 7) is 2.03. The van der Waals surface area contributed by atoms with E-state index in [1.165, 1.54) is 11.3 Å². The Balaban J connectivity index is 1.73. The third-order valence-electron chi connectivity index (χ3n) is 5.96. The Labute approximate surface area is 229 Å². The molecule has 3 aromatic carbocycles. The highest BCUT2D eigenvalue weighted by atomic mass is 32.1. The molecule has 198 valence electrons. The minimum absolute atomic E-state index is 0.261. The molecular formula is C30H26N2O6S. The topological polar surface area (TPSA) is 92.4 Å². The smallest absolute Gasteiger partial charge is 0.350 e. The van der Waals surface area contributed by atoms with E-state index in [0.29, 0.717) is 49.7 Å². The first-order valence-corrected chi connectivity index (χ1v) is 13.0. The van der Waals surface area contributed by atoms with Crippen molar-refractivity contribution >= 4 is 33.4 Å². The number of aromatic nitrogens is 1. The van der Waals surface area contributed by atoms with Gasteiger partial charge in [0.1, 0.15) is 22.0 Å². The van der Waals surface area contributed by atoms with Gasteiger partial charge >= 0.3 is 5.97 Å². The number of rotatable bonds is 8. The maximum absolute atomic E-state index is 12.8. The predicted molar refractivity (Wildman–Crippen MR) is 150 cm³/mol. The molecule has 5 aromatic rings. The Morgan fingerprint density at radius 2 is 1.69 bits per heavy atom. The van der Waals surface area contributed by atoms with Crippen molar-refractivity contribution in [2.75, 3.05) is 27.9 Å². The molecule has 5 rings (SSSR count). The van der Waals surface area contributed by atoms with Crippen molar-refractivity contribution in [3.8, 4) is 39.8 Å². The van der Waals surface area contributed by atoms with Gasteiger partial charge in [-0.2, -0.15) is 0 Å². The van der Waals surface area contributed by atoms with Crippen LogP contribution in [0.4, 0.5) is 5.13 Å². The van der Waals surface area contributed by atoms with Gasteiger partial charge in [-0.25, -0.2) is 14.8 Å². The monoisotopic (exact) mass is 542 g/mol. The molecule has 0 N–H and O–H groups in total. The van der Waals surface area contributed by atoms with Crippen LogP contribution in [-0.2, 0) is 4.74 Å². The Morgan fingerprint density at radius 1 is 0.897 bits per heavy atom. The van der Waals surface area contributed by atoms with E-state index >= 15 is 0 Å². The molecule has 0 unspecified atom stereocenters. The summed E-state index contributed by atoms with van der Waals surface area (Å²) in [5.41, 5.74) is 2.71. The quantitative estimate of drug-likeness (QED) is 0.203. The summed E-state index contributed by atoms with van der Waals surface area (Å²) in [6, 6.07) is 22.4. The van der Waals surface area contributed by atoms with Gasteiger partial charge in [0.05, 0.1) is 39.0 Å². The Kier molecular flexibility index (Phi) is 7.60. The van der Waals surface area contributed by atoms with Gasteiger partial charge < -0.3 is 23.4 Å². The summed E-state index contributed by atoms with van der Waals surface area (Å²) in [4.78, 5) is 22.8. The largest absolute Gasteiger partial charge is 0.497 e. The highest BCUT2D eigenvalue weighted by Gasteiger charge is 2.21. The summed E-state index contributed by atoms with van der Waals surface area (Å²) in [6.07, 6.45) is 0. The fraction of sp³-hybridized carbons (Fsp3) is 0.167. The molecule has 8 nitrogen and oxygen atoms in total. The van der Waals surface area contributed by atoms with Gasteiger partial charge in [-0.15, -0.1) is 0 Å². The van der Waals surface area contributed by atoms with Crippen LogP contribution in [0.1, 0.15) is 16.6 Å². The van der Waals surface area contributed by atoms with Gasteiger partial charge in [0.15, 0.2) is 11.5 Å². The van der Waals surface area contributed by atoms with Crippen molar-refractivity contribution < 1.29 is 28.2 Å². The number of carbonyl (C=O) groups is 1. The highest BCUT2D eigenvalue weighted by molar-refractivity contribution is 7.17. The van der Waals surface area contributed by atoms with E-state index in [1.54, 1.807) is 28.3 Å². The highest BCUT2D eigenvalue weighted by Crippen LogP contribution is 2.35. The molecule has 9 heteroatoms. The second-order valence-electron chi connectivity index (χ2n) is 8.30. The fourth-order valence-corrected chi connectivity index (χ4v) is 4.95. The number of thiazole rings is 1. The lowest BCUT2D eigenvalue weighted by atomic mass is 10.1. The summed E-state index contributed by atoms with van der Waals surface area (Å²) in [7, 11) is 4.77. The van der Waals surface area contributed by atoms with E-state index in [2.05, 4.69) is 0 Å². The predicted octanol–water partition coefficient (Wildman–Crippen LogP) is 6.66. The van der Waals surface area contributed by atoms with Crippen LogP contribution in [0.3, 0.4) is 0 Å². The lowest BCUT2D eigenvalue weighted by Crippen LogP contribution is -2.03. The van der Waals surface area contributed by atoms with E-state index in [4.69, 9.17) is 33.3 Å². The molecule has 0 aliphatic carbocycles. The first-order chi connectivity index (χ1) is 19.0. The zero-order valence-electron chi connectivity index (χ0n) is 21.9. The molecule has 0 radical (unpaired) electrons. The number of methoxy groups -OCH3 is 3. The van der Waals surface area contributed by atoms with Gasteiger partial charge in [-0.1, -0.05) is 41.7 Å². The van der Waals surface area contributed by atoms with E-state index in [-0.39, 0.29) is 6.61 Å². The van der Waals surface area contributed by atoms with Crippen molar-refractivity contribution in [2.45, 2.75) is 6.92 Å². The van der Waals surface area contributed by atoms with Crippen LogP contribution in [0.25, 0.3) is 33.6 Å². The van der Waals surface area contributed by atoms with Crippen LogP contribution >= 0.6 is 11.3 Å². The molecule has 0 aliphatic heterocycles. The molecule has 0 spiro atoms. The first-order valence-electron chi connectivity index (χ1n) is 12.2. The normalized spacial score (nSPS) is 11.4. The fourth-order valence-electron chi connectivity index (χ4n) is 4.09. The molecule has 2 aromatic heterocycles. The molecule has 0 atom stereocenters. The molecule has 0 fully saturated rings. The molecule has 0 bridgehead atoms. The van der Waals surface area contributed by atoms with Crippen molar-refractivity contribution in [3.63, 3.8) is 0 Å². The number of hydrogen-bond donors (Lipinski definition) is 0. The van der Waals surface area contributed by atoms with Crippen LogP contribution < -0.4 is 19.6 Å². The van der Waals surface area contributed by atoms with Gasteiger partial charge in [-0.3, -0.25) is 0 Å². The molecule has 2 heterocycles. The van der Waals surface area contributed by atoms with E-state index in [9.17, 15) is 4.79 Å². The summed E-state index contributed by atoms with van der Waals surface area (Å²) >= 11 is 1.18. The van der Waals surface area contributed by atoms with Gasteiger partial charge in [0, 0.05) is 22.6 Å². The standard InChI is InChI=1S/C30H26N2O6S/c1-5-37-29(33)28-27(18-9-7-6-8-10-18)32-30(39-28)31-22-17-25(19-11-13-24(35-3)26(15-19)36-4)38-23-14-12-20(34-2)16-21(22)23/h6-17H,5H2,1-4H3. The van der Waals surface area contributed by atoms with Gasteiger partial charge in [0.2, 0.25) is 5.13 Å². The van der Waals surface area contributed by atoms with Crippen molar-refractivity contribution in [1.82, 2.24) is 4.98 Å². The third-order valence-corrected chi connectivity index (χ3v) is 6.89. The van der Waals surface area contributed by atoms with Crippen LogP contribution in [-0.4, -0.2) is 38.9 Å². The number of carbonyl (C=O) groups excluding carboxylic acids is 1. The Bertz CT molecular complexity index is 1710. The third kappa shape index (κ3) is 5.35. The second-order valence-corrected chi connectivity index (χ2v) is 9.28. The number of nitrogens with zero attached hydrogens (tertiary/aromatic N) is 2. The van der Waals surface area contributed by atoms with Gasteiger partial charge in [0.25, 0.3) is 0 Å².